The zero-order valence-electron chi connectivity index (χ0n) is 13.3. The van der Waals surface area contributed by atoms with Gasteiger partial charge in [-0.1, -0.05) is 42.2 Å². The molecule has 23 heavy (non-hydrogen) atoms. The number of anilines is 1. The summed E-state index contributed by atoms with van der Waals surface area (Å²) in [4.78, 5) is 0.308. The average molecular weight is 373 g/mol. The summed E-state index contributed by atoms with van der Waals surface area (Å²) in [6, 6.07) is 7.00. The van der Waals surface area contributed by atoms with Crippen molar-refractivity contribution < 1.29 is 8.42 Å². The fourth-order valence-electron chi connectivity index (χ4n) is 1.72. The number of nitrogens with zero attached hydrogens (tertiary/aromatic N) is 3. The molecule has 1 N–H and O–H groups in total. The van der Waals surface area contributed by atoms with Gasteiger partial charge in [0.15, 0.2) is 4.34 Å². The first-order valence-electron chi connectivity index (χ1n) is 7.15. The molecule has 6 nitrogen and oxygen atoms in total. The van der Waals surface area contributed by atoms with Gasteiger partial charge in [0, 0.05) is 26.4 Å². The normalized spacial score (nSPS) is 11.8. The quantitative estimate of drug-likeness (QED) is 0.718. The molecule has 0 atom stereocenters. The predicted octanol–water partition coefficient (Wildman–Crippen LogP) is 2.90. The van der Waals surface area contributed by atoms with E-state index in [1.807, 2.05) is 6.07 Å². The zero-order chi connectivity index (χ0) is 16.9. The number of nitrogens with one attached hydrogen (secondary N) is 1. The lowest BCUT2D eigenvalue weighted by molar-refractivity contribution is 0.520. The van der Waals surface area contributed by atoms with Crippen LogP contribution in [0.5, 0.6) is 0 Å². The largest absolute Gasteiger partial charge is 0.360 e. The molecule has 0 spiro atoms. The lowest BCUT2D eigenvalue weighted by Gasteiger charge is -2.12. The van der Waals surface area contributed by atoms with Crippen LogP contribution in [-0.2, 0) is 15.8 Å². The summed E-state index contributed by atoms with van der Waals surface area (Å²) in [7, 11) is -0.339. The lowest BCUT2D eigenvalue weighted by Crippen LogP contribution is -2.22. The van der Waals surface area contributed by atoms with Gasteiger partial charge in [0.2, 0.25) is 15.2 Å². The Morgan fingerprint density at radius 3 is 2.78 bits per heavy atom. The first-order valence-corrected chi connectivity index (χ1v) is 10.4. The Bertz CT molecular complexity index is 744. The molecule has 1 heterocycles. The number of benzene rings is 1. The highest BCUT2D eigenvalue weighted by Crippen LogP contribution is 2.29. The zero-order valence-corrected chi connectivity index (χ0v) is 15.8. The highest BCUT2D eigenvalue weighted by atomic mass is 32.2. The topological polar surface area (TPSA) is 75.2 Å². The van der Waals surface area contributed by atoms with Gasteiger partial charge in [0.05, 0.1) is 4.90 Å². The van der Waals surface area contributed by atoms with Crippen LogP contribution in [-0.4, -0.2) is 43.6 Å². The summed E-state index contributed by atoms with van der Waals surface area (Å²) in [5.41, 5.74) is 0.941. The summed E-state index contributed by atoms with van der Waals surface area (Å²) < 4.78 is 26.4. The van der Waals surface area contributed by atoms with E-state index < -0.39 is 10.0 Å². The minimum Gasteiger partial charge on any atom is -0.360 e. The van der Waals surface area contributed by atoms with Crippen LogP contribution in [0, 0.1) is 0 Å². The maximum absolute atomic E-state index is 12.2. The van der Waals surface area contributed by atoms with Crippen molar-refractivity contribution in [3.05, 3.63) is 29.8 Å². The molecule has 9 heteroatoms. The molecule has 2 aromatic rings. The highest BCUT2D eigenvalue weighted by Gasteiger charge is 2.17. The van der Waals surface area contributed by atoms with Crippen LogP contribution in [0.2, 0.25) is 0 Å². The Labute approximate surface area is 145 Å². The molecule has 0 aliphatic carbocycles. The van der Waals surface area contributed by atoms with Crippen LogP contribution in [0.15, 0.2) is 33.5 Å². The molecular formula is C14H20N4O2S3. The van der Waals surface area contributed by atoms with E-state index in [9.17, 15) is 8.42 Å². The molecule has 0 unspecified atom stereocenters. The lowest BCUT2D eigenvalue weighted by atomic mass is 10.2. The highest BCUT2D eigenvalue weighted by molar-refractivity contribution is 8.00. The third-order valence-corrected chi connectivity index (χ3v) is 6.87. The van der Waals surface area contributed by atoms with E-state index in [4.69, 9.17) is 0 Å². The van der Waals surface area contributed by atoms with Gasteiger partial charge >= 0.3 is 0 Å². The van der Waals surface area contributed by atoms with E-state index >= 15 is 0 Å². The van der Waals surface area contributed by atoms with E-state index in [0.29, 0.717) is 10.6 Å². The molecular weight excluding hydrogens is 352 g/mol. The maximum atomic E-state index is 12.2. The first-order chi connectivity index (χ1) is 10.9. The standard InChI is InChI=1S/C14H20N4O2S3/c1-4-8-15-13-16-17-14(22-13)21-10-11-6-5-7-12(9-11)23(19,20)18(2)3/h5-7,9H,4,8,10H2,1-3H3,(H,15,16). The van der Waals surface area contributed by atoms with Crippen molar-refractivity contribution in [3.8, 4) is 0 Å². The monoisotopic (exact) mass is 372 g/mol. The second-order valence-electron chi connectivity index (χ2n) is 5.02. The molecule has 1 aromatic heterocycles. The number of hydrogen-bond acceptors (Lipinski definition) is 7. The fourth-order valence-corrected chi connectivity index (χ4v) is 4.42. The van der Waals surface area contributed by atoms with Gasteiger partial charge in [-0.05, 0) is 24.1 Å². The van der Waals surface area contributed by atoms with E-state index in [1.165, 1.54) is 29.7 Å². The van der Waals surface area contributed by atoms with Crippen molar-refractivity contribution in [2.75, 3.05) is 26.0 Å². The van der Waals surface area contributed by atoms with Gasteiger partial charge in [-0.25, -0.2) is 12.7 Å². The third kappa shape index (κ3) is 4.90. The summed E-state index contributed by atoms with van der Waals surface area (Å²) in [6.07, 6.45) is 1.04. The summed E-state index contributed by atoms with van der Waals surface area (Å²) in [6.45, 7) is 2.97. The summed E-state index contributed by atoms with van der Waals surface area (Å²) >= 11 is 3.06. The number of sulfonamides is 1. The molecule has 0 radical (unpaired) electrons. The summed E-state index contributed by atoms with van der Waals surface area (Å²) in [5.74, 6) is 0.652. The molecule has 126 valence electrons. The number of aromatic nitrogens is 2. The predicted molar refractivity (Wildman–Crippen MR) is 95.6 cm³/mol. The smallest absolute Gasteiger partial charge is 0.242 e. The van der Waals surface area contributed by atoms with Crippen molar-refractivity contribution in [2.24, 2.45) is 0 Å². The van der Waals surface area contributed by atoms with Gasteiger partial charge in [-0.3, -0.25) is 0 Å². The average Bonchev–Trinajstić information content (AvgIpc) is 2.99. The van der Waals surface area contributed by atoms with Crippen LogP contribution in [0.25, 0.3) is 0 Å². The van der Waals surface area contributed by atoms with Gasteiger partial charge in [0.1, 0.15) is 0 Å². The SMILES string of the molecule is CCCNc1nnc(SCc2cccc(S(=O)(=O)N(C)C)c2)s1. The van der Waals surface area contributed by atoms with E-state index in [-0.39, 0.29) is 0 Å². The van der Waals surface area contributed by atoms with E-state index in [2.05, 4.69) is 22.4 Å². The number of thioether (sulfide) groups is 1. The van der Waals surface area contributed by atoms with Crippen LogP contribution in [0.1, 0.15) is 18.9 Å². The van der Waals surface area contributed by atoms with Crippen molar-refractivity contribution in [2.45, 2.75) is 28.3 Å². The van der Waals surface area contributed by atoms with Gasteiger partial charge in [-0.2, -0.15) is 0 Å². The minimum atomic E-state index is -3.40. The van der Waals surface area contributed by atoms with E-state index in [0.717, 1.165) is 28.0 Å². The van der Waals surface area contributed by atoms with Crippen molar-refractivity contribution in [3.63, 3.8) is 0 Å². The molecule has 0 aliphatic rings. The van der Waals surface area contributed by atoms with Gasteiger partial charge in [0.25, 0.3) is 0 Å². The van der Waals surface area contributed by atoms with Crippen LogP contribution in [0.4, 0.5) is 5.13 Å². The molecule has 1 aromatic carbocycles. The van der Waals surface area contributed by atoms with Crippen LogP contribution >= 0.6 is 23.1 Å². The first kappa shape index (κ1) is 18.2. The van der Waals surface area contributed by atoms with E-state index in [1.54, 1.807) is 30.0 Å². The Hall–Kier alpha value is -1.16. The van der Waals surface area contributed by atoms with Crippen molar-refractivity contribution in [1.29, 1.82) is 0 Å². The van der Waals surface area contributed by atoms with Crippen LogP contribution in [0.3, 0.4) is 0 Å². The Kier molecular flexibility index (Phi) is 6.40. The van der Waals surface area contributed by atoms with Crippen molar-refractivity contribution in [1.82, 2.24) is 14.5 Å². The Morgan fingerprint density at radius 2 is 2.09 bits per heavy atom. The molecule has 0 fully saturated rings. The second-order valence-corrected chi connectivity index (χ2v) is 9.38. The second kappa shape index (κ2) is 8.09. The molecule has 0 bridgehead atoms. The fraction of sp³-hybridized carbons (Fsp3) is 0.429. The number of hydrogen-bond donors (Lipinski definition) is 1. The Morgan fingerprint density at radius 1 is 1.30 bits per heavy atom. The minimum absolute atomic E-state index is 0.308. The van der Waals surface area contributed by atoms with Gasteiger partial charge in [-0.15, -0.1) is 10.2 Å². The summed E-state index contributed by atoms with van der Waals surface area (Å²) in [5, 5.41) is 12.2. The molecule has 2 rings (SSSR count). The molecule has 0 amide bonds. The number of rotatable bonds is 8. The molecule has 0 aliphatic heterocycles. The molecule has 0 saturated carbocycles. The van der Waals surface area contributed by atoms with Crippen molar-refractivity contribution >= 4 is 38.3 Å². The Balaban J connectivity index is 2.03. The molecule has 0 saturated heterocycles. The van der Waals surface area contributed by atoms with Crippen LogP contribution < -0.4 is 5.32 Å². The van der Waals surface area contributed by atoms with Gasteiger partial charge < -0.3 is 5.32 Å². The third-order valence-electron chi connectivity index (χ3n) is 2.97. The maximum Gasteiger partial charge on any atom is 0.242 e.